The van der Waals surface area contributed by atoms with Crippen LogP contribution in [0.5, 0.6) is 0 Å². The second-order valence-corrected chi connectivity index (χ2v) is 17.1. The lowest BCUT2D eigenvalue weighted by atomic mass is 9.43. The highest BCUT2D eigenvalue weighted by atomic mass is 16.5. The highest BCUT2D eigenvalue weighted by Crippen LogP contribution is 2.68. The summed E-state index contributed by atoms with van der Waals surface area (Å²) in [6.45, 7) is 14.3. The molecule has 4 unspecified atom stereocenters. The molecule has 0 aromatic carbocycles. The van der Waals surface area contributed by atoms with Crippen molar-refractivity contribution in [2.24, 2.45) is 58.0 Å². The zero-order chi connectivity index (χ0) is 32.6. The highest BCUT2D eigenvalue weighted by Gasteiger charge is 2.63. The third kappa shape index (κ3) is 8.52. The second kappa shape index (κ2) is 17.3. The summed E-state index contributed by atoms with van der Waals surface area (Å²) in [7, 11) is 0. The van der Waals surface area contributed by atoms with E-state index in [4.69, 9.17) is 10.5 Å². The van der Waals surface area contributed by atoms with Crippen molar-refractivity contribution in [2.75, 3.05) is 45.9 Å². The summed E-state index contributed by atoms with van der Waals surface area (Å²) in [6.07, 6.45) is 20.0. The number of rotatable bonds is 17. The van der Waals surface area contributed by atoms with Gasteiger partial charge in [-0.25, -0.2) is 0 Å². The average Bonchev–Trinajstić information content (AvgIpc) is 3.42. The lowest BCUT2D eigenvalue weighted by molar-refractivity contribution is -0.169. The Hall–Kier alpha value is -0.730. The van der Waals surface area contributed by atoms with Gasteiger partial charge in [0.05, 0.1) is 18.6 Å². The number of aliphatic hydroxyl groups is 1. The number of hydrogen-bond acceptors (Lipinski definition) is 7. The summed E-state index contributed by atoms with van der Waals surface area (Å²) in [4.78, 5) is 12.8. The maximum atomic E-state index is 12.8. The van der Waals surface area contributed by atoms with E-state index in [9.17, 15) is 9.90 Å². The molecule has 0 aliphatic heterocycles. The van der Waals surface area contributed by atoms with Crippen molar-refractivity contribution in [3.8, 4) is 0 Å². The Labute approximate surface area is 282 Å². The molecular weight excluding hydrogens is 572 g/mol. The van der Waals surface area contributed by atoms with Crippen molar-refractivity contribution < 1.29 is 14.6 Å². The summed E-state index contributed by atoms with van der Waals surface area (Å²) in [5.41, 5.74) is 6.17. The van der Waals surface area contributed by atoms with Crippen LogP contribution in [-0.4, -0.2) is 69.1 Å². The lowest BCUT2D eigenvalue weighted by Crippen LogP contribution is -2.59. The number of ether oxygens (including phenoxy) is 1. The van der Waals surface area contributed by atoms with Crippen molar-refractivity contribution >= 4 is 5.97 Å². The molecule has 5 fully saturated rings. The Morgan fingerprint density at radius 1 is 0.826 bits per heavy atom. The van der Waals surface area contributed by atoms with Gasteiger partial charge in [-0.15, -0.1) is 0 Å². The third-order valence-corrected chi connectivity index (χ3v) is 14.3. The largest absolute Gasteiger partial charge is 0.465 e. The first-order chi connectivity index (χ1) is 22.3. The van der Waals surface area contributed by atoms with Crippen LogP contribution >= 0.6 is 0 Å². The molecule has 10 atom stereocenters. The predicted molar refractivity (Wildman–Crippen MR) is 188 cm³/mol. The third-order valence-electron chi connectivity index (χ3n) is 14.3. The van der Waals surface area contributed by atoms with Crippen LogP contribution in [0.25, 0.3) is 0 Å². The van der Waals surface area contributed by atoms with Crippen LogP contribution in [-0.2, 0) is 9.53 Å². The fraction of sp³-hybridized carbons (Fsp3) is 0.974. The molecule has 0 heterocycles. The summed E-state index contributed by atoms with van der Waals surface area (Å²) in [5.74, 6) is 3.52. The highest BCUT2D eigenvalue weighted by molar-refractivity contribution is 5.72. The summed E-state index contributed by atoms with van der Waals surface area (Å²) in [5, 5.41) is 22.8. The van der Waals surface area contributed by atoms with Crippen LogP contribution in [0.15, 0.2) is 0 Å². The van der Waals surface area contributed by atoms with E-state index in [-0.39, 0.29) is 23.4 Å². The first-order valence-electron chi connectivity index (χ1n) is 20.0. The molecule has 0 bridgehead atoms. The zero-order valence-electron chi connectivity index (χ0n) is 30.0. The van der Waals surface area contributed by atoms with Gasteiger partial charge in [0.2, 0.25) is 0 Å². The number of nitrogens with two attached hydrogens (primary N) is 1. The van der Waals surface area contributed by atoms with Crippen LogP contribution in [0.1, 0.15) is 130 Å². The van der Waals surface area contributed by atoms with E-state index in [1.807, 2.05) is 0 Å². The minimum absolute atomic E-state index is 0.0622. The minimum atomic E-state index is -0.162. The van der Waals surface area contributed by atoms with Gasteiger partial charge in [-0.1, -0.05) is 40.0 Å². The monoisotopic (exact) mass is 645 g/mol. The number of fused-ring (bicyclic) bond motifs is 5. The van der Waals surface area contributed by atoms with Gasteiger partial charge in [-0.3, -0.25) is 4.79 Å². The van der Waals surface area contributed by atoms with E-state index >= 15 is 0 Å². The summed E-state index contributed by atoms with van der Waals surface area (Å²) < 4.78 is 5.98. The molecule has 5 rings (SSSR count). The lowest BCUT2D eigenvalue weighted by Gasteiger charge is -2.62. The van der Waals surface area contributed by atoms with Crippen molar-refractivity contribution in [3.63, 3.8) is 0 Å². The number of aliphatic hydroxyl groups excluding tert-OH is 1. The molecule has 6 N–H and O–H groups in total. The normalized spacial score (nSPS) is 38.5. The number of carbonyl (C=O) groups is 1. The van der Waals surface area contributed by atoms with Crippen LogP contribution < -0.4 is 21.7 Å². The average molecular weight is 645 g/mol. The molecule has 0 amide bonds. The number of unbranched alkanes of at least 4 members (excludes halogenated alkanes) is 1. The Bertz CT molecular complexity index is 929. The van der Waals surface area contributed by atoms with Gasteiger partial charge in [-0.2, -0.15) is 0 Å². The van der Waals surface area contributed by atoms with Crippen molar-refractivity contribution in [3.05, 3.63) is 0 Å². The molecule has 46 heavy (non-hydrogen) atoms. The number of esters is 1. The van der Waals surface area contributed by atoms with E-state index in [1.165, 1.54) is 83.5 Å². The van der Waals surface area contributed by atoms with Gasteiger partial charge < -0.3 is 31.5 Å². The first kappa shape index (κ1) is 36.5. The van der Waals surface area contributed by atoms with E-state index in [0.717, 1.165) is 65.0 Å². The SMILES string of the molecule is C[C@H](COC(=O)C1CCCCC1)[C@H]1CCC2C3C(CC[C@@]21C)[C@@]1(C)CC[C@@H](NCCCNCCCCNCCCN)CC1C[C@H]3O. The second-order valence-electron chi connectivity index (χ2n) is 17.1. The number of nitrogens with one attached hydrogen (secondary N) is 3. The zero-order valence-corrected chi connectivity index (χ0v) is 30.0. The maximum absolute atomic E-state index is 12.8. The first-order valence-corrected chi connectivity index (χ1v) is 20.0. The summed E-state index contributed by atoms with van der Waals surface area (Å²) in [6, 6.07) is 0.600. The quantitative estimate of drug-likeness (QED) is 0.0972. The van der Waals surface area contributed by atoms with E-state index in [2.05, 4.69) is 36.7 Å². The molecule has 0 aromatic rings. The Kier molecular flexibility index (Phi) is 13.7. The molecule has 0 spiro atoms. The molecule has 0 radical (unpaired) electrons. The van der Waals surface area contributed by atoms with E-state index < -0.39 is 0 Å². The van der Waals surface area contributed by atoms with Gasteiger partial charge in [0, 0.05) is 6.04 Å². The Morgan fingerprint density at radius 3 is 2.24 bits per heavy atom. The molecule has 0 saturated heterocycles. The smallest absolute Gasteiger partial charge is 0.308 e. The molecular formula is C39H72N4O3. The molecule has 5 saturated carbocycles. The van der Waals surface area contributed by atoms with Gasteiger partial charge in [-0.05, 0) is 175 Å². The Morgan fingerprint density at radius 2 is 1.50 bits per heavy atom. The summed E-state index contributed by atoms with van der Waals surface area (Å²) >= 11 is 0. The molecule has 0 aromatic heterocycles. The minimum Gasteiger partial charge on any atom is -0.465 e. The molecule has 5 aliphatic carbocycles. The predicted octanol–water partition coefficient (Wildman–Crippen LogP) is 6.03. The molecule has 7 nitrogen and oxygen atoms in total. The van der Waals surface area contributed by atoms with E-state index in [0.29, 0.717) is 53.6 Å². The van der Waals surface area contributed by atoms with Crippen molar-refractivity contribution in [1.82, 2.24) is 16.0 Å². The molecule has 266 valence electrons. The van der Waals surface area contributed by atoms with Crippen molar-refractivity contribution in [2.45, 2.75) is 142 Å². The fourth-order valence-corrected chi connectivity index (χ4v) is 11.7. The topological polar surface area (TPSA) is 109 Å². The van der Waals surface area contributed by atoms with E-state index in [1.54, 1.807) is 0 Å². The van der Waals surface area contributed by atoms with Crippen LogP contribution in [0.3, 0.4) is 0 Å². The van der Waals surface area contributed by atoms with Crippen LogP contribution in [0, 0.1) is 52.3 Å². The van der Waals surface area contributed by atoms with Gasteiger partial charge in [0.25, 0.3) is 0 Å². The number of carbonyl (C=O) groups excluding carboxylic acids is 1. The fourth-order valence-electron chi connectivity index (χ4n) is 11.7. The molecule has 5 aliphatic rings. The van der Waals surface area contributed by atoms with Gasteiger partial charge in [0.15, 0.2) is 0 Å². The van der Waals surface area contributed by atoms with Gasteiger partial charge >= 0.3 is 5.97 Å². The molecule has 7 heteroatoms. The van der Waals surface area contributed by atoms with Gasteiger partial charge in [0.1, 0.15) is 0 Å². The Balaban J connectivity index is 1.04. The van der Waals surface area contributed by atoms with Crippen LogP contribution in [0.2, 0.25) is 0 Å². The van der Waals surface area contributed by atoms with Crippen LogP contribution in [0.4, 0.5) is 0 Å². The van der Waals surface area contributed by atoms with Crippen molar-refractivity contribution in [1.29, 1.82) is 0 Å². The maximum Gasteiger partial charge on any atom is 0.308 e. The standard InChI is InChI=1S/C39H72N4O3/c1-28(27-46-37(45)29-11-5-4-6-12-29)32-13-14-33-36-34(16-18-39(32,33)3)38(2)17-15-31(25-30(38)26-35(36)44)43-24-10-23-42-21-8-7-20-41-22-9-19-40/h28-36,41-44H,4-27,40H2,1-3H3/t28-,30?,31-,32-,33?,34?,35-,36?,38+,39-/m1/s1. The number of hydrogen-bond donors (Lipinski definition) is 5.